The van der Waals surface area contributed by atoms with Crippen LogP contribution >= 0.6 is 11.3 Å². The number of para-hydroxylation sites is 1. The van der Waals surface area contributed by atoms with Crippen molar-refractivity contribution >= 4 is 32.6 Å². The van der Waals surface area contributed by atoms with E-state index in [1.54, 1.807) is 35.5 Å². The molecule has 0 unspecified atom stereocenters. The highest BCUT2D eigenvalue weighted by Gasteiger charge is 2.22. The highest BCUT2D eigenvalue weighted by atomic mass is 32.1. The number of aryl methyl sites for hydroxylation is 1. The Morgan fingerprint density at radius 3 is 2.45 bits per heavy atom. The topological polar surface area (TPSA) is 42.4 Å². The fourth-order valence-corrected chi connectivity index (χ4v) is 4.29. The largest absolute Gasteiger partial charge is 0.497 e. The summed E-state index contributed by atoms with van der Waals surface area (Å²) in [6, 6.07) is 23.4. The van der Waals surface area contributed by atoms with Crippen LogP contribution in [-0.2, 0) is 13.0 Å². The van der Waals surface area contributed by atoms with Gasteiger partial charge in [-0.05, 0) is 47.9 Å². The molecule has 0 aliphatic rings. The molecular weight excluding hydrogens is 380 g/mol. The molecule has 0 N–H and O–H groups in total. The first kappa shape index (κ1) is 19.2. The summed E-state index contributed by atoms with van der Waals surface area (Å²) in [6.45, 7) is 2.59. The lowest BCUT2D eigenvalue weighted by Gasteiger charge is -2.20. The van der Waals surface area contributed by atoms with Gasteiger partial charge in [-0.3, -0.25) is 9.69 Å². The maximum Gasteiger partial charge on any atom is 0.260 e. The van der Waals surface area contributed by atoms with Gasteiger partial charge in [0.05, 0.1) is 23.9 Å². The van der Waals surface area contributed by atoms with Crippen molar-refractivity contribution in [3.05, 3.63) is 89.5 Å². The molecule has 0 saturated carbocycles. The number of hydrogen-bond donors (Lipinski definition) is 0. The second-order valence-electron chi connectivity index (χ2n) is 6.72. The number of carbonyl (C=O) groups is 1. The molecule has 5 heteroatoms. The van der Waals surface area contributed by atoms with Crippen LogP contribution in [0, 0.1) is 0 Å². The molecule has 0 saturated heterocycles. The summed E-state index contributed by atoms with van der Waals surface area (Å²) in [5.41, 5.74) is 3.85. The number of anilines is 1. The molecule has 29 heavy (non-hydrogen) atoms. The summed E-state index contributed by atoms with van der Waals surface area (Å²) in [4.78, 5) is 20.1. The molecule has 0 spiro atoms. The van der Waals surface area contributed by atoms with E-state index >= 15 is 0 Å². The Labute approximate surface area is 174 Å². The first-order valence-corrected chi connectivity index (χ1v) is 10.4. The van der Waals surface area contributed by atoms with E-state index in [1.807, 2.05) is 42.5 Å². The number of fused-ring (bicyclic) bond motifs is 1. The summed E-state index contributed by atoms with van der Waals surface area (Å²) >= 11 is 1.55. The molecule has 4 aromatic rings. The Bertz CT molecular complexity index is 1120. The summed E-state index contributed by atoms with van der Waals surface area (Å²) in [5, 5.41) is 0.713. The standard InChI is InChI=1S/C24H22N2O2S/c1-3-18-10-7-11-21-22(18)25-24(29-21)26(16-17-8-5-4-6-9-17)23(27)19-12-14-20(28-2)15-13-19/h4-15H,3,16H2,1-2H3. The fraction of sp³-hybridized carbons (Fsp3) is 0.167. The van der Waals surface area contributed by atoms with Gasteiger partial charge >= 0.3 is 0 Å². The Balaban J connectivity index is 1.76. The van der Waals surface area contributed by atoms with Crippen LogP contribution in [0.4, 0.5) is 5.13 Å². The third-order valence-corrected chi connectivity index (χ3v) is 5.91. The third-order valence-electron chi connectivity index (χ3n) is 4.87. The lowest BCUT2D eigenvalue weighted by molar-refractivity contribution is 0.0985. The zero-order valence-electron chi connectivity index (χ0n) is 16.5. The van der Waals surface area contributed by atoms with Crippen LogP contribution in [0.25, 0.3) is 10.2 Å². The van der Waals surface area contributed by atoms with E-state index in [-0.39, 0.29) is 5.91 Å². The van der Waals surface area contributed by atoms with Crippen LogP contribution in [0.3, 0.4) is 0 Å². The van der Waals surface area contributed by atoms with E-state index in [0.717, 1.165) is 28.0 Å². The van der Waals surface area contributed by atoms with E-state index in [2.05, 4.69) is 25.1 Å². The normalized spacial score (nSPS) is 10.8. The van der Waals surface area contributed by atoms with Crippen molar-refractivity contribution in [3.8, 4) is 5.75 Å². The van der Waals surface area contributed by atoms with Crippen LogP contribution < -0.4 is 9.64 Å². The molecule has 4 nitrogen and oxygen atoms in total. The van der Waals surface area contributed by atoms with Gasteiger partial charge in [0.25, 0.3) is 5.91 Å². The van der Waals surface area contributed by atoms with Gasteiger partial charge in [0.15, 0.2) is 5.13 Å². The lowest BCUT2D eigenvalue weighted by Crippen LogP contribution is -2.30. The van der Waals surface area contributed by atoms with Crippen molar-refractivity contribution in [1.29, 1.82) is 0 Å². The minimum atomic E-state index is -0.0754. The maximum atomic E-state index is 13.4. The number of rotatable bonds is 6. The smallest absolute Gasteiger partial charge is 0.260 e. The van der Waals surface area contributed by atoms with Crippen LogP contribution in [0.5, 0.6) is 5.75 Å². The van der Waals surface area contributed by atoms with Crippen LogP contribution in [0.1, 0.15) is 28.4 Å². The SMILES string of the molecule is CCc1cccc2sc(N(Cc3ccccc3)C(=O)c3ccc(OC)cc3)nc12. The highest BCUT2D eigenvalue weighted by Crippen LogP contribution is 2.33. The molecule has 4 rings (SSSR count). The molecule has 1 heterocycles. The minimum absolute atomic E-state index is 0.0754. The highest BCUT2D eigenvalue weighted by molar-refractivity contribution is 7.22. The average molecular weight is 403 g/mol. The Hall–Kier alpha value is -3.18. The summed E-state index contributed by atoms with van der Waals surface area (Å²) < 4.78 is 6.32. The van der Waals surface area contributed by atoms with Gasteiger partial charge in [-0.25, -0.2) is 4.98 Å². The second-order valence-corrected chi connectivity index (χ2v) is 7.73. The molecule has 0 fully saturated rings. The van der Waals surface area contributed by atoms with E-state index in [0.29, 0.717) is 17.2 Å². The van der Waals surface area contributed by atoms with Crippen molar-refractivity contribution in [2.24, 2.45) is 0 Å². The monoisotopic (exact) mass is 402 g/mol. The summed E-state index contributed by atoms with van der Waals surface area (Å²) in [6.07, 6.45) is 0.908. The van der Waals surface area contributed by atoms with Gasteiger partial charge in [-0.2, -0.15) is 0 Å². The first-order chi connectivity index (χ1) is 14.2. The number of aromatic nitrogens is 1. The van der Waals surface area contributed by atoms with Gasteiger partial charge in [-0.15, -0.1) is 0 Å². The van der Waals surface area contributed by atoms with Crippen LogP contribution in [0.2, 0.25) is 0 Å². The molecule has 3 aromatic carbocycles. The number of methoxy groups -OCH3 is 1. The number of thiazole rings is 1. The van der Waals surface area contributed by atoms with Gasteiger partial charge in [0.1, 0.15) is 5.75 Å². The molecule has 0 aliphatic heterocycles. The van der Waals surface area contributed by atoms with Gasteiger partial charge in [-0.1, -0.05) is 60.7 Å². The van der Waals surface area contributed by atoms with Crippen molar-refractivity contribution in [2.75, 3.05) is 12.0 Å². The molecule has 146 valence electrons. The third kappa shape index (κ3) is 4.00. The number of amides is 1. The maximum absolute atomic E-state index is 13.4. The molecule has 0 radical (unpaired) electrons. The number of ether oxygens (including phenoxy) is 1. The Kier molecular flexibility index (Phi) is 5.58. The van der Waals surface area contributed by atoms with E-state index in [4.69, 9.17) is 9.72 Å². The van der Waals surface area contributed by atoms with Crippen LogP contribution in [-0.4, -0.2) is 18.0 Å². The number of benzene rings is 3. The van der Waals surface area contributed by atoms with E-state index in [9.17, 15) is 4.79 Å². The molecule has 0 bridgehead atoms. The lowest BCUT2D eigenvalue weighted by atomic mass is 10.1. The molecule has 0 aliphatic carbocycles. The van der Waals surface area contributed by atoms with Crippen molar-refractivity contribution in [1.82, 2.24) is 4.98 Å². The zero-order valence-corrected chi connectivity index (χ0v) is 17.3. The summed E-state index contributed by atoms with van der Waals surface area (Å²) in [5.74, 6) is 0.650. The number of carbonyl (C=O) groups excluding carboxylic acids is 1. The van der Waals surface area contributed by atoms with Gasteiger partial charge in [0.2, 0.25) is 0 Å². The van der Waals surface area contributed by atoms with E-state index < -0.39 is 0 Å². The predicted octanol–water partition coefficient (Wildman–Crippen LogP) is 5.71. The average Bonchev–Trinajstić information content (AvgIpc) is 3.22. The first-order valence-electron chi connectivity index (χ1n) is 9.58. The molecule has 0 atom stereocenters. The molecule has 1 aromatic heterocycles. The number of nitrogens with zero attached hydrogens (tertiary/aromatic N) is 2. The number of hydrogen-bond acceptors (Lipinski definition) is 4. The Morgan fingerprint density at radius 2 is 1.76 bits per heavy atom. The quantitative estimate of drug-likeness (QED) is 0.415. The van der Waals surface area contributed by atoms with Crippen molar-refractivity contribution < 1.29 is 9.53 Å². The van der Waals surface area contributed by atoms with Crippen LogP contribution in [0.15, 0.2) is 72.8 Å². The van der Waals surface area contributed by atoms with Gasteiger partial charge < -0.3 is 4.74 Å². The minimum Gasteiger partial charge on any atom is -0.497 e. The second kappa shape index (κ2) is 8.45. The summed E-state index contributed by atoms with van der Waals surface area (Å²) in [7, 11) is 1.62. The Morgan fingerprint density at radius 1 is 1.00 bits per heavy atom. The fourth-order valence-electron chi connectivity index (χ4n) is 3.28. The van der Waals surface area contributed by atoms with E-state index in [1.165, 1.54) is 5.56 Å². The zero-order chi connectivity index (χ0) is 20.2. The van der Waals surface area contributed by atoms with Crippen molar-refractivity contribution in [2.45, 2.75) is 19.9 Å². The van der Waals surface area contributed by atoms with Gasteiger partial charge in [0, 0.05) is 5.56 Å². The molecule has 1 amide bonds. The molecular formula is C24H22N2O2S. The van der Waals surface area contributed by atoms with Crippen molar-refractivity contribution in [3.63, 3.8) is 0 Å². The predicted molar refractivity (Wildman–Crippen MR) is 119 cm³/mol.